The number of carbonyl (C=O) groups is 2. The van der Waals surface area contributed by atoms with Crippen molar-refractivity contribution in [3.8, 4) is 0 Å². The van der Waals surface area contributed by atoms with Crippen molar-refractivity contribution >= 4 is 22.8 Å². The van der Waals surface area contributed by atoms with Crippen molar-refractivity contribution < 1.29 is 14.7 Å². The quantitative estimate of drug-likeness (QED) is 0.841. The van der Waals surface area contributed by atoms with E-state index < -0.39 is 23.1 Å². The second-order valence-corrected chi connectivity index (χ2v) is 6.37. The Morgan fingerprint density at radius 3 is 2.60 bits per heavy atom. The predicted molar refractivity (Wildman–Crippen MR) is 90.7 cm³/mol. The van der Waals surface area contributed by atoms with E-state index >= 15 is 0 Å². The molecule has 132 valence electrons. The molecule has 1 aromatic heterocycles. The first kappa shape index (κ1) is 16.9. The molecule has 0 radical (unpaired) electrons. The van der Waals surface area contributed by atoms with Crippen LogP contribution in [0.1, 0.15) is 24.2 Å². The van der Waals surface area contributed by atoms with E-state index in [2.05, 4.69) is 4.98 Å². The molecule has 2 atom stereocenters. The number of aliphatic carboxylic acids is 1. The highest BCUT2D eigenvalue weighted by molar-refractivity contribution is 5.98. The number of carboxylic acids is 1. The zero-order valence-corrected chi connectivity index (χ0v) is 14.0. The van der Waals surface area contributed by atoms with E-state index in [1.807, 2.05) is 0 Å². The Kier molecular flexibility index (Phi) is 4.20. The zero-order valence-electron chi connectivity index (χ0n) is 14.0. The minimum Gasteiger partial charge on any atom is -0.481 e. The maximum atomic E-state index is 12.7. The van der Waals surface area contributed by atoms with Crippen molar-refractivity contribution in [2.24, 2.45) is 11.8 Å². The summed E-state index contributed by atoms with van der Waals surface area (Å²) in [6.45, 7) is 4.28. The normalized spacial score (nSPS) is 20.2. The highest BCUT2D eigenvalue weighted by atomic mass is 16.4. The van der Waals surface area contributed by atoms with Crippen LogP contribution in [0, 0.1) is 11.8 Å². The topological polar surface area (TPSA) is 112 Å². The second kappa shape index (κ2) is 6.19. The SMILES string of the molecule is CCn1c(=O)[nH]c2cc(C(=O)N3C[C@@H](C)[C@H](C(=O)O)C3)ccc2c1=O. The van der Waals surface area contributed by atoms with E-state index in [0.717, 1.165) is 4.57 Å². The van der Waals surface area contributed by atoms with Crippen LogP contribution in [0.25, 0.3) is 10.9 Å². The third-order valence-electron chi connectivity index (χ3n) is 4.76. The molecule has 1 aromatic carbocycles. The van der Waals surface area contributed by atoms with Gasteiger partial charge in [-0.1, -0.05) is 6.92 Å². The van der Waals surface area contributed by atoms with E-state index in [4.69, 9.17) is 0 Å². The van der Waals surface area contributed by atoms with Crippen LogP contribution in [0.15, 0.2) is 27.8 Å². The number of H-pyrrole nitrogens is 1. The van der Waals surface area contributed by atoms with Gasteiger partial charge in [0.05, 0.1) is 16.8 Å². The van der Waals surface area contributed by atoms with Crippen molar-refractivity contribution in [2.45, 2.75) is 20.4 Å². The van der Waals surface area contributed by atoms with Crippen molar-refractivity contribution in [2.75, 3.05) is 13.1 Å². The number of nitrogens with zero attached hydrogens (tertiary/aromatic N) is 2. The van der Waals surface area contributed by atoms with Crippen LogP contribution >= 0.6 is 0 Å². The number of amides is 1. The number of hydrogen-bond acceptors (Lipinski definition) is 4. The van der Waals surface area contributed by atoms with Gasteiger partial charge in [-0.05, 0) is 31.0 Å². The lowest BCUT2D eigenvalue weighted by atomic mass is 9.99. The summed E-state index contributed by atoms with van der Waals surface area (Å²) >= 11 is 0. The molecule has 1 fully saturated rings. The van der Waals surface area contributed by atoms with Gasteiger partial charge in [-0.3, -0.25) is 19.0 Å². The first-order chi connectivity index (χ1) is 11.8. The molecule has 2 N–H and O–H groups in total. The summed E-state index contributed by atoms with van der Waals surface area (Å²) in [5, 5.41) is 9.52. The monoisotopic (exact) mass is 345 g/mol. The number of rotatable bonds is 3. The van der Waals surface area contributed by atoms with Gasteiger partial charge in [0.25, 0.3) is 11.5 Å². The van der Waals surface area contributed by atoms with Crippen LogP contribution < -0.4 is 11.2 Å². The molecule has 2 heterocycles. The molecular formula is C17H19N3O5. The molecule has 1 aliphatic heterocycles. The number of hydrogen-bond donors (Lipinski definition) is 2. The lowest BCUT2D eigenvalue weighted by molar-refractivity contribution is -0.142. The van der Waals surface area contributed by atoms with Crippen LogP contribution in [0.3, 0.4) is 0 Å². The highest BCUT2D eigenvalue weighted by Gasteiger charge is 2.37. The zero-order chi connectivity index (χ0) is 18.3. The van der Waals surface area contributed by atoms with Crippen molar-refractivity contribution in [3.63, 3.8) is 0 Å². The van der Waals surface area contributed by atoms with Gasteiger partial charge in [-0.2, -0.15) is 0 Å². The van der Waals surface area contributed by atoms with Gasteiger partial charge in [-0.25, -0.2) is 4.79 Å². The van der Waals surface area contributed by atoms with E-state index in [9.17, 15) is 24.3 Å². The third-order valence-corrected chi connectivity index (χ3v) is 4.76. The molecule has 0 saturated carbocycles. The number of carboxylic acid groups (broad SMARTS) is 1. The Morgan fingerprint density at radius 2 is 2.00 bits per heavy atom. The van der Waals surface area contributed by atoms with E-state index in [-0.39, 0.29) is 24.9 Å². The number of aromatic nitrogens is 2. The van der Waals surface area contributed by atoms with Crippen LogP contribution in [0.4, 0.5) is 0 Å². The molecule has 2 aromatic rings. The average Bonchev–Trinajstić information content (AvgIpc) is 2.96. The maximum Gasteiger partial charge on any atom is 0.328 e. The Hall–Kier alpha value is -2.90. The summed E-state index contributed by atoms with van der Waals surface area (Å²) in [5.74, 6) is -1.93. The minimum absolute atomic E-state index is 0.126. The van der Waals surface area contributed by atoms with Crippen LogP contribution in [-0.4, -0.2) is 44.5 Å². The first-order valence-corrected chi connectivity index (χ1v) is 8.12. The maximum absolute atomic E-state index is 12.7. The lowest BCUT2D eigenvalue weighted by Gasteiger charge is -2.16. The summed E-state index contributed by atoms with van der Waals surface area (Å²) in [6.07, 6.45) is 0. The Morgan fingerprint density at radius 1 is 1.28 bits per heavy atom. The van der Waals surface area contributed by atoms with Gasteiger partial charge in [0.15, 0.2) is 0 Å². The van der Waals surface area contributed by atoms with E-state index in [1.54, 1.807) is 13.8 Å². The van der Waals surface area contributed by atoms with Gasteiger partial charge < -0.3 is 15.0 Å². The Labute approximate surface area is 142 Å². The lowest BCUT2D eigenvalue weighted by Crippen LogP contribution is -2.34. The van der Waals surface area contributed by atoms with Crippen LogP contribution in [0.5, 0.6) is 0 Å². The van der Waals surface area contributed by atoms with Crippen molar-refractivity contribution in [3.05, 3.63) is 44.6 Å². The Balaban J connectivity index is 1.97. The number of carbonyl (C=O) groups excluding carboxylic acids is 1. The summed E-state index contributed by atoms with van der Waals surface area (Å²) in [4.78, 5) is 52.2. The van der Waals surface area contributed by atoms with Gasteiger partial charge >= 0.3 is 11.7 Å². The fraction of sp³-hybridized carbons (Fsp3) is 0.412. The third kappa shape index (κ3) is 2.84. The number of benzene rings is 1. The molecule has 0 bridgehead atoms. The average molecular weight is 345 g/mol. The predicted octanol–water partition coefficient (Wildman–Crippen LogP) is 0.502. The summed E-state index contributed by atoms with van der Waals surface area (Å²) in [6, 6.07) is 4.52. The van der Waals surface area contributed by atoms with E-state index in [0.29, 0.717) is 23.0 Å². The second-order valence-electron chi connectivity index (χ2n) is 6.37. The number of fused-ring (bicyclic) bond motifs is 1. The summed E-state index contributed by atoms with van der Waals surface area (Å²) in [7, 11) is 0. The molecule has 1 saturated heterocycles. The fourth-order valence-corrected chi connectivity index (χ4v) is 3.31. The largest absolute Gasteiger partial charge is 0.481 e. The van der Waals surface area contributed by atoms with Gasteiger partial charge in [0, 0.05) is 25.2 Å². The molecule has 1 amide bonds. The number of nitrogens with one attached hydrogen (secondary N) is 1. The van der Waals surface area contributed by atoms with Gasteiger partial charge in [-0.15, -0.1) is 0 Å². The Bertz CT molecular complexity index is 974. The van der Waals surface area contributed by atoms with E-state index in [1.165, 1.54) is 23.1 Å². The molecule has 0 spiro atoms. The smallest absolute Gasteiger partial charge is 0.328 e. The molecule has 8 nitrogen and oxygen atoms in total. The van der Waals surface area contributed by atoms with Crippen molar-refractivity contribution in [1.82, 2.24) is 14.5 Å². The summed E-state index contributed by atoms with van der Waals surface area (Å²) in [5.41, 5.74) is -0.311. The molecule has 0 unspecified atom stereocenters. The van der Waals surface area contributed by atoms with Crippen molar-refractivity contribution in [1.29, 1.82) is 0 Å². The minimum atomic E-state index is -0.911. The molecule has 3 rings (SSSR count). The van der Waals surface area contributed by atoms with Crippen LogP contribution in [-0.2, 0) is 11.3 Å². The standard InChI is InChI=1S/C17H19N3O5/c1-3-20-15(22)11-5-4-10(6-13(11)18-17(20)25)14(21)19-7-9(2)12(8-19)16(23)24/h4-6,9,12H,3,7-8H2,1-2H3,(H,18,25)(H,23,24)/t9-,12-/m1/s1. The molecule has 8 heteroatoms. The first-order valence-electron chi connectivity index (χ1n) is 8.12. The van der Waals surface area contributed by atoms with Gasteiger partial charge in [0.1, 0.15) is 0 Å². The molecule has 0 aliphatic carbocycles. The fourth-order valence-electron chi connectivity index (χ4n) is 3.31. The molecule has 1 aliphatic rings. The van der Waals surface area contributed by atoms with Gasteiger partial charge in [0.2, 0.25) is 0 Å². The number of likely N-dealkylation sites (tertiary alicyclic amines) is 1. The molecule has 25 heavy (non-hydrogen) atoms. The molecular weight excluding hydrogens is 326 g/mol. The van der Waals surface area contributed by atoms with Crippen LogP contribution in [0.2, 0.25) is 0 Å². The summed E-state index contributed by atoms with van der Waals surface area (Å²) < 4.78 is 1.09. The highest BCUT2D eigenvalue weighted by Crippen LogP contribution is 2.25. The number of aromatic amines is 1.